The molecule has 0 saturated heterocycles. The molecule has 218 valence electrons. The zero-order chi connectivity index (χ0) is 28.4. The van der Waals surface area contributed by atoms with Crippen molar-refractivity contribution in [3.8, 4) is 16.9 Å². The van der Waals surface area contributed by atoms with Crippen molar-refractivity contribution in [2.24, 2.45) is 0 Å². The monoisotopic (exact) mass is 554 g/mol. The molecule has 0 bridgehead atoms. The number of carbonyl (C=O) groups is 1. The Balaban J connectivity index is 1.20. The second-order valence-electron chi connectivity index (χ2n) is 9.41. The molecule has 40 heavy (non-hydrogen) atoms. The van der Waals surface area contributed by atoms with Crippen molar-refractivity contribution in [3.05, 3.63) is 71.1 Å². The Hall–Kier alpha value is -3.24. The Labute approximate surface area is 237 Å². The summed E-state index contributed by atoms with van der Waals surface area (Å²) in [6.45, 7) is 10.5. The zero-order valence-corrected chi connectivity index (χ0v) is 23.9. The highest BCUT2D eigenvalue weighted by molar-refractivity contribution is 5.72. The minimum Gasteiger partial charge on any atom is -0.493 e. The average molecular weight is 555 g/mol. The van der Waals surface area contributed by atoms with Crippen LogP contribution in [0.3, 0.4) is 0 Å². The summed E-state index contributed by atoms with van der Waals surface area (Å²) in [7, 11) is 0. The number of rotatable bonds is 20. The smallest absolute Gasteiger partial charge is 0.216 e. The first-order valence-corrected chi connectivity index (χ1v) is 13.8. The lowest BCUT2D eigenvalue weighted by molar-refractivity contribution is -0.119. The summed E-state index contributed by atoms with van der Waals surface area (Å²) in [5.74, 6) is 1.71. The molecule has 0 spiro atoms. The Bertz CT molecular complexity index is 1110. The number of amides is 1. The fourth-order valence-electron chi connectivity index (χ4n) is 4.07. The Morgan fingerprint density at radius 1 is 0.800 bits per heavy atom. The summed E-state index contributed by atoms with van der Waals surface area (Å²) < 4.78 is 33.4. The molecule has 0 fully saturated rings. The number of carbonyl (C=O) groups excluding carboxylic acids is 1. The number of aromatic nitrogens is 1. The number of benzene rings is 2. The maximum Gasteiger partial charge on any atom is 0.216 e. The van der Waals surface area contributed by atoms with E-state index in [1.54, 1.807) is 0 Å². The molecule has 3 aromatic rings. The molecule has 0 saturated carbocycles. The van der Waals surface area contributed by atoms with Gasteiger partial charge in [-0.05, 0) is 54.7 Å². The summed E-state index contributed by atoms with van der Waals surface area (Å²) >= 11 is 0. The van der Waals surface area contributed by atoms with Gasteiger partial charge in [0.1, 0.15) is 17.2 Å². The lowest BCUT2D eigenvalue weighted by atomic mass is 10.00. The first-order valence-electron chi connectivity index (χ1n) is 13.8. The quantitative estimate of drug-likeness (QED) is 0.201. The van der Waals surface area contributed by atoms with Gasteiger partial charge in [-0.3, -0.25) is 4.79 Å². The Kier molecular flexibility index (Phi) is 14.2. The van der Waals surface area contributed by atoms with E-state index in [2.05, 4.69) is 60.7 Å². The van der Waals surface area contributed by atoms with Crippen LogP contribution in [0.1, 0.15) is 35.9 Å². The third-order valence-electron chi connectivity index (χ3n) is 5.98. The van der Waals surface area contributed by atoms with Gasteiger partial charge in [0.05, 0.1) is 59.5 Å². The summed E-state index contributed by atoms with van der Waals surface area (Å²) in [4.78, 5) is 10.7. The van der Waals surface area contributed by atoms with Crippen molar-refractivity contribution in [1.29, 1.82) is 0 Å². The van der Waals surface area contributed by atoms with Gasteiger partial charge in [-0.2, -0.15) is 0 Å². The predicted octanol–water partition coefficient (Wildman–Crippen LogP) is 4.67. The summed E-state index contributed by atoms with van der Waals surface area (Å²) in [5.41, 5.74) is 5.44. The van der Waals surface area contributed by atoms with Gasteiger partial charge in [0.25, 0.3) is 0 Å². The first kappa shape index (κ1) is 31.3. The van der Waals surface area contributed by atoms with Gasteiger partial charge < -0.3 is 33.5 Å². The summed E-state index contributed by atoms with van der Waals surface area (Å²) in [6.07, 6.45) is 1.57. The molecule has 0 aliphatic carbocycles. The normalized spacial score (nSPS) is 11.1. The van der Waals surface area contributed by atoms with E-state index >= 15 is 0 Å². The molecule has 1 amide bonds. The van der Waals surface area contributed by atoms with Crippen LogP contribution in [0.5, 0.6) is 5.75 Å². The lowest BCUT2D eigenvalue weighted by Gasteiger charge is -2.14. The van der Waals surface area contributed by atoms with Crippen LogP contribution in [0, 0.1) is 13.8 Å². The highest BCUT2D eigenvalue weighted by atomic mass is 16.6. The largest absolute Gasteiger partial charge is 0.493 e. The molecular formula is C31H42N2O7. The van der Waals surface area contributed by atoms with E-state index in [4.69, 9.17) is 28.2 Å². The third-order valence-corrected chi connectivity index (χ3v) is 5.98. The maximum atomic E-state index is 10.7. The molecule has 2 aromatic carbocycles. The van der Waals surface area contributed by atoms with E-state index in [1.807, 2.05) is 12.1 Å². The SMILES string of the molecule is CC(=O)NCCOCCOCCOCCOCc1cc(CCCOc2c(C)cc(-c3ccccc3)cc2C)on1. The van der Waals surface area contributed by atoms with Crippen LogP contribution in [-0.4, -0.2) is 70.5 Å². The molecule has 0 atom stereocenters. The fraction of sp³-hybridized carbons (Fsp3) is 0.484. The lowest BCUT2D eigenvalue weighted by Crippen LogP contribution is -2.25. The van der Waals surface area contributed by atoms with Crippen molar-refractivity contribution < 1.29 is 33.0 Å². The molecule has 3 rings (SSSR count). The number of nitrogens with zero attached hydrogens (tertiary/aromatic N) is 1. The Morgan fingerprint density at radius 3 is 2.08 bits per heavy atom. The highest BCUT2D eigenvalue weighted by Gasteiger charge is 2.09. The third kappa shape index (κ3) is 11.9. The second-order valence-corrected chi connectivity index (χ2v) is 9.41. The number of hydrogen-bond donors (Lipinski definition) is 1. The van der Waals surface area contributed by atoms with Gasteiger partial charge in [-0.15, -0.1) is 0 Å². The van der Waals surface area contributed by atoms with Crippen molar-refractivity contribution >= 4 is 5.91 Å². The Morgan fingerprint density at radius 2 is 1.43 bits per heavy atom. The molecule has 1 heterocycles. The van der Waals surface area contributed by atoms with E-state index in [1.165, 1.54) is 18.1 Å². The topological polar surface area (TPSA) is 101 Å². The van der Waals surface area contributed by atoms with Crippen LogP contribution in [0.2, 0.25) is 0 Å². The van der Waals surface area contributed by atoms with Crippen molar-refractivity contribution in [1.82, 2.24) is 10.5 Å². The van der Waals surface area contributed by atoms with Gasteiger partial charge in [0.15, 0.2) is 0 Å². The minimum atomic E-state index is -0.0593. The molecule has 1 N–H and O–H groups in total. The van der Waals surface area contributed by atoms with Crippen molar-refractivity contribution in [3.63, 3.8) is 0 Å². The highest BCUT2D eigenvalue weighted by Crippen LogP contribution is 2.30. The zero-order valence-electron chi connectivity index (χ0n) is 23.9. The van der Waals surface area contributed by atoms with E-state index in [-0.39, 0.29) is 5.91 Å². The van der Waals surface area contributed by atoms with Crippen LogP contribution in [0.25, 0.3) is 11.1 Å². The van der Waals surface area contributed by atoms with Crippen LogP contribution >= 0.6 is 0 Å². The molecule has 0 radical (unpaired) electrons. The molecule has 0 aliphatic heterocycles. The van der Waals surface area contributed by atoms with Gasteiger partial charge in [-0.25, -0.2) is 0 Å². The minimum absolute atomic E-state index is 0.0593. The van der Waals surface area contributed by atoms with Gasteiger partial charge >= 0.3 is 0 Å². The van der Waals surface area contributed by atoms with Crippen LogP contribution in [-0.2, 0) is 36.8 Å². The number of hydrogen-bond acceptors (Lipinski definition) is 8. The van der Waals surface area contributed by atoms with E-state index in [0.717, 1.165) is 41.2 Å². The average Bonchev–Trinajstić information content (AvgIpc) is 3.40. The first-order chi connectivity index (χ1) is 19.5. The summed E-state index contributed by atoms with van der Waals surface area (Å²) in [5, 5.41) is 6.75. The molecule has 1 aromatic heterocycles. The van der Waals surface area contributed by atoms with Gasteiger partial charge in [0.2, 0.25) is 5.91 Å². The van der Waals surface area contributed by atoms with E-state index in [9.17, 15) is 4.79 Å². The van der Waals surface area contributed by atoms with Crippen LogP contribution in [0.4, 0.5) is 0 Å². The number of ether oxygens (including phenoxy) is 5. The van der Waals surface area contributed by atoms with Crippen molar-refractivity contribution in [2.45, 2.75) is 40.2 Å². The van der Waals surface area contributed by atoms with E-state index in [0.29, 0.717) is 66.0 Å². The second kappa shape index (κ2) is 18.2. The molecular weight excluding hydrogens is 512 g/mol. The van der Waals surface area contributed by atoms with E-state index < -0.39 is 0 Å². The number of nitrogens with one attached hydrogen (secondary N) is 1. The summed E-state index contributed by atoms with van der Waals surface area (Å²) in [6, 6.07) is 16.7. The van der Waals surface area contributed by atoms with Crippen LogP contribution < -0.4 is 10.1 Å². The standard InChI is InChI=1S/C31H42N2O7/c1-24-20-28(27-8-5-4-6-9-27)21-25(2)31(24)39-12-7-10-30-22-29(33-40-30)23-38-19-18-37-17-16-36-15-14-35-13-11-32-26(3)34/h4-6,8-9,20-22H,7,10-19,23H2,1-3H3,(H,32,34). The number of aryl methyl sites for hydroxylation is 3. The fourth-order valence-corrected chi connectivity index (χ4v) is 4.07. The molecule has 0 unspecified atom stereocenters. The van der Waals surface area contributed by atoms with Crippen LogP contribution in [0.15, 0.2) is 53.1 Å². The molecule has 9 nitrogen and oxygen atoms in total. The van der Waals surface area contributed by atoms with Gasteiger partial charge in [-0.1, -0.05) is 35.5 Å². The van der Waals surface area contributed by atoms with Gasteiger partial charge in [0, 0.05) is 26.0 Å². The van der Waals surface area contributed by atoms with Crippen molar-refractivity contribution in [2.75, 3.05) is 59.4 Å². The molecule has 9 heteroatoms. The predicted molar refractivity (Wildman–Crippen MR) is 152 cm³/mol. The molecule has 0 aliphatic rings. The maximum absolute atomic E-state index is 10.7.